The molecule has 2 aliphatic heterocycles. The molecule has 2 saturated heterocycles. The number of rotatable bonds is 5. The van der Waals surface area contributed by atoms with E-state index in [-0.39, 0.29) is 17.9 Å². The van der Waals surface area contributed by atoms with Crippen molar-refractivity contribution in [3.05, 3.63) is 82.9 Å². The monoisotopic (exact) mass is 483 g/mol. The Morgan fingerprint density at radius 3 is 2.44 bits per heavy atom. The van der Waals surface area contributed by atoms with Gasteiger partial charge in [0.05, 0.1) is 6.04 Å². The molecule has 2 atom stereocenters. The van der Waals surface area contributed by atoms with Crippen LogP contribution in [0.15, 0.2) is 54.9 Å². The van der Waals surface area contributed by atoms with Crippen molar-refractivity contribution in [2.75, 3.05) is 26.2 Å². The molecule has 7 nitrogen and oxygen atoms in total. The number of aromatic nitrogens is 2. The van der Waals surface area contributed by atoms with Crippen LogP contribution in [-0.4, -0.2) is 63.8 Å². The largest absolute Gasteiger partial charge is 0.345 e. The second kappa shape index (κ2) is 10.2. The first-order chi connectivity index (χ1) is 17.4. The van der Waals surface area contributed by atoms with Gasteiger partial charge < -0.3 is 10.2 Å². The predicted octanol–water partition coefficient (Wildman–Crippen LogP) is 4.17. The molecule has 2 unspecified atom stereocenters. The summed E-state index contributed by atoms with van der Waals surface area (Å²) in [5.41, 5.74) is 4.48. The lowest BCUT2D eigenvalue weighted by Gasteiger charge is -2.37. The van der Waals surface area contributed by atoms with Gasteiger partial charge in [-0.15, -0.1) is 0 Å². The van der Waals surface area contributed by atoms with Crippen molar-refractivity contribution in [1.82, 2.24) is 25.1 Å². The van der Waals surface area contributed by atoms with Gasteiger partial charge in [-0.1, -0.05) is 30.3 Å². The molecule has 0 spiro atoms. The lowest BCUT2D eigenvalue weighted by Crippen LogP contribution is -2.52. The van der Waals surface area contributed by atoms with Gasteiger partial charge in [0.15, 0.2) is 0 Å². The summed E-state index contributed by atoms with van der Waals surface area (Å²) in [6.07, 6.45) is 5.81. The molecule has 7 heteroatoms. The third-order valence-corrected chi connectivity index (χ3v) is 7.51. The highest BCUT2D eigenvalue weighted by molar-refractivity contribution is 6.04. The Hall–Kier alpha value is -3.58. The minimum Gasteiger partial charge on any atom is -0.345 e. The van der Waals surface area contributed by atoms with Crippen LogP contribution < -0.4 is 5.32 Å². The lowest BCUT2D eigenvalue weighted by molar-refractivity contribution is 0.0570. The van der Waals surface area contributed by atoms with Gasteiger partial charge in [-0.25, -0.2) is 9.97 Å². The van der Waals surface area contributed by atoms with E-state index in [0.29, 0.717) is 28.6 Å². The summed E-state index contributed by atoms with van der Waals surface area (Å²) in [6, 6.07) is 13.9. The number of hydrogen-bond donors (Lipinski definition) is 1. The molecule has 5 rings (SSSR count). The molecule has 0 aliphatic carbocycles. The first kappa shape index (κ1) is 24.1. The predicted molar refractivity (Wildman–Crippen MR) is 140 cm³/mol. The van der Waals surface area contributed by atoms with Crippen molar-refractivity contribution < 1.29 is 9.59 Å². The zero-order valence-electron chi connectivity index (χ0n) is 21.2. The smallest absolute Gasteiger partial charge is 0.254 e. The van der Waals surface area contributed by atoms with Gasteiger partial charge in [-0.05, 0) is 69.0 Å². The van der Waals surface area contributed by atoms with E-state index in [1.165, 1.54) is 6.42 Å². The van der Waals surface area contributed by atoms with Crippen LogP contribution in [-0.2, 0) is 0 Å². The molecule has 2 aromatic carbocycles. The van der Waals surface area contributed by atoms with Crippen LogP contribution >= 0.6 is 0 Å². The topological polar surface area (TPSA) is 78.4 Å². The summed E-state index contributed by atoms with van der Waals surface area (Å²) in [6.45, 7) is 9.13. The van der Waals surface area contributed by atoms with Gasteiger partial charge in [0.1, 0.15) is 5.82 Å². The Morgan fingerprint density at radius 1 is 0.972 bits per heavy atom. The number of nitrogens with one attached hydrogen (secondary N) is 1. The van der Waals surface area contributed by atoms with Gasteiger partial charge in [-0.3, -0.25) is 14.5 Å². The Bertz CT molecular complexity index is 1260. The molecule has 2 fully saturated rings. The van der Waals surface area contributed by atoms with Gasteiger partial charge >= 0.3 is 0 Å². The van der Waals surface area contributed by atoms with E-state index in [0.717, 1.165) is 49.3 Å². The van der Waals surface area contributed by atoms with Crippen molar-refractivity contribution >= 4 is 11.8 Å². The molecular formula is C29H33N5O2. The van der Waals surface area contributed by atoms with Crippen molar-refractivity contribution in [1.29, 1.82) is 0 Å². The molecule has 0 saturated carbocycles. The third kappa shape index (κ3) is 4.88. The number of nitrogens with zero attached hydrogens (tertiary/aromatic N) is 4. The molecular weight excluding hydrogens is 450 g/mol. The zero-order valence-corrected chi connectivity index (χ0v) is 21.2. The van der Waals surface area contributed by atoms with Gasteiger partial charge in [0, 0.05) is 54.8 Å². The van der Waals surface area contributed by atoms with E-state index in [4.69, 9.17) is 0 Å². The summed E-state index contributed by atoms with van der Waals surface area (Å²) in [5, 5.41) is 3.08. The summed E-state index contributed by atoms with van der Waals surface area (Å²) in [4.78, 5) is 40.3. The molecule has 2 aliphatic rings. The number of benzene rings is 2. The van der Waals surface area contributed by atoms with Gasteiger partial charge in [0.2, 0.25) is 0 Å². The van der Waals surface area contributed by atoms with Gasteiger partial charge in [-0.2, -0.15) is 0 Å². The Balaban J connectivity index is 1.47. The third-order valence-electron chi connectivity index (χ3n) is 7.51. The highest BCUT2D eigenvalue weighted by Gasteiger charge is 2.33. The minimum atomic E-state index is -0.271. The van der Waals surface area contributed by atoms with E-state index in [1.54, 1.807) is 12.4 Å². The highest BCUT2D eigenvalue weighted by Crippen LogP contribution is 2.29. The molecule has 186 valence electrons. The van der Waals surface area contributed by atoms with Crippen LogP contribution in [0, 0.1) is 13.8 Å². The van der Waals surface area contributed by atoms with Crippen LogP contribution in [0.3, 0.4) is 0 Å². The quantitative estimate of drug-likeness (QED) is 0.589. The fourth-order valence-corrected chi connectivity index (χ4v) is 5.30. The van der Waals surface area contributed by atoms with Crippen LogP contribution in [0.25, 0.3) is 11.1 Å². The number of aryl methyl sites for hydroxylation is 1. The summed E-state index contributed by atoms with van der Waals surface area (Å²) >= 11 is 0. The van der Waals surface area contributed by atoms with Crippen LogP contribution in [0.2, 0.25) is 0 Å². The minimum absolute atomic E-state index is 0.00543. The fraction of sp³-hybridized carbons (Fsp3) is 0.379. The molecule has 0 radical (unpaired) electrons. The molecule has 3 aromatic rings. The first-order valence-electron chi connectivity index (χ1n) is 12.7. The van der Waals surface area contributed by atoms with Crippen molar-refractivity contribution in [2.45, 2.75) is 45.7 Å². The van der Waals surface area contributed by atoms with Crippen molar-refractivity contribution in [3.63, 3.8) is 0 Å². The maximum atomic E-state index is 13.8. The molecule has 36 heavy (non-hydrogen) atoms. The standard InChI is InChI=1S/C29H33N5O2/c1-19-26(28(35)32-20(2)24-16-30-21(3)31-17-24)14-23(22-8-5-4-6-9-22)15-27(19)29(36)34-13-12-33-11-7-10-25(33)18-34/h4-6,8-9,14-17,20,25H,7,10-13,18H2,1-3H3,(H,32,35). The summed E-state index contributed by atoms with van der Waals surface area (Å²) in [7, 11) is 0. The number of carbonyl (C=O) groups excluding carboxylic acids is 2. The average Bonchev–Trinajstić information content (AvgIpc) is 3.37. The molecule has 1 N–H and O–H groups in total. The first-order valence-corrected chi connectivity index (χ1v) is 12.7. The molecule has 0 bridgehead atoms. The second-order valence-electron chi connectivity index (χ2n) is 9.90. The van der Waals surface area contributed by atoms with E-state index >= 15 is 0 Å². The second-order valence-corrected chi connectivity index (χ2v) is 9.90. The zero-order chi connectivity index (χ0) is 25.2. The number of amides is 2. The number of carbonyl (C=O) groups is 2. The number of fused-ring (bicyclic) bond motifs is 1. The van der Waals surface area contributed by atoms with E-state index in [9.17, 15) is 9.59 Å². The van der Waals surface area contributed by atoms with Crippen LogP contribution in [0.5, 0.6) is 0 Å². The summed E-state index contributed by atoms with van der Waals surface area (Å²) in [5.74, 6) is 0.476. The summed E-state index contributed by atoms with van der Waals surface area (Å²) < 4.78 is 0. The van der Waals surface area contributed by atoms with Crippen LogP contribution in [0.4, 0.5) is 0 Å². The SMILES string of the molecule is Cc1ncc(C(C)NC(=O)c2cc(-c3ccccc3)cc(C(=O)N3CCN4CCCC4C3)c2C)cn1. The van der Waals surface area contributed by atoms with E-state index in [1.807, 2.05) is 68.1 Å². The van der Waals surface area contributed by atoms with E-state index < -0.39 is 0 Å². The Labute approximate surface area is 212 Å². The Kier molecular flexibility index (Phi) is 6.83. The maximum Gasteiger partial charge on any atom is 0.254 e. The lowest BCUT2D eigenvalue weighted by atomic mass is 9.93. The van der Waals surface area contributed by atoms with Gasteiger partial charge in [0.25, 0.3) is 11.8 Å². The average molecular weight is 484 g/mol. The molecule has 1 aromatic heterocycles. The number of piperazine rings is 1. The van der Waals surface area contributed by atoms with Crippen LogP contribution in [0.1, 0.15) is 63.5 Å². The normalized spacial score (nSPS) is 18.5. The molecule has 2 amide bonds. The number of hydrogen-bond acceptors (Lipinski definition) is 5. The Morgan fingerprint density at radius 2 is 1.69 bits per heavy atom. The fourth-order valence-electron chi connectivity index (χ4n) is 5.30. The van der Waals surface area contributed by atoms with Crippen molar-refractivity contribution in [3.8, 4) is 11.1 Å². The van der Waals surface area contributed by atoms with Crippen molar-refractivity contribution in [2.24, 2.45) is 0 Å². The molecule has 3 heterocycles. The van der Waals surface area contributed by atoms with E-state index in [2.05, 4.69) is 20.2 Å². The highest BCUT2D eigenvalue weighted by atomic mass is 16.2. The maximum absolute atomic E-state index is 13.8.